The summed E-state index contributed by atoms with van der Waals surface area (Å²) >= 11 is 0. The molecule has 3 fully saturated rings. The summed E-state index contributed by atoms with van der Waals surface area (Å²) in [5, 5.41) is 70.3. The Balaban J connectivity index is 1.64. The SMILES string of the molecule is OC[C@H]1O[C@@H](O[C@H]2[C@H](O)[C@@H](O)[C@@H](OC3CCCCCCC3)O[C@@H]2CO)[C@H](O)[C@@H](O)[C@H]1O. The molecule has 1 aliphatic carbocycles. The van der Waals surface area contributed by atoms with Crippen LogP contribution in [-0.2, 0) is 18.9 Å². The van der Waals surface area contributed by atoms with Gasteiger partial charge in [0.2, 0.25) is 0 Å². The van der Waals surface area contributed by atoms with E-state index in [4.69, 9.17) is 18.9 Å². The molecular formula is C20H36O11. The molecule has 1 saturated carbocycles. The van der Waals surface area contributed by atoms with E-state index < -0.39 is 74.6 Å². The van der Waals surface area contributed by atoms with Crippen LogP contribution >= 0.6 is 0 Å². The van der Waals surface area contributed by atoms with E-state index in [1.807, 2.05) is 0 Å². The van der Waals surface area contributed by atoms with Crippen LogP contribution in [0, 0.1) is 0 Å². The number of aliphatic hydroxyl groups excluding tert-OH is 7. The lowest BCUT2D eigenvalue weighted by atomic mass is 9.96. The summed E-state index contributed by atoms with van der Waals surface area (Å²) in [6.07, 6.45) is -7.33. The third kappa shape index (κ3) is 5.92. The monoisotopic (exact) mass is 452 g/mol. The fourth-order valence-corrected chi connectivity index (χ4v) is 4.41. The highest BCUT2D eigenvalue weighted by Gasteiger charge is 2.51. The Hall–Kier alpha value is -0.440. The first-order valence-corrected chi connectivity index (χ1v) is 11.1. The van der Waals surface area contributed by atoms with E-state index in [0.29, 0.717) is 0 Å². The highest BCUT2D eigenvalue weighted by atomic mass is 16.7. The molecule has 2 heterocycles. The number of rotatable bonds is 6. The van der Waals surface area contributed by atoms with Crippen LogP contribution in [0.15, 0.2) is 0 Å². The summed E-state index contributed by atoms with van der Waals surface area (Å²) in [4.78, 5) is 0. The van der Waals surface area contributed by atoms with Crippen molar-refractivity contribution in [3.63, 3.8) is 0 Å². The molecule has 7 N–H and O–H groups in total. The summed E-state index contributed by atoms with van der Waals surface area (Å²) in [5.41, 5.74) is 0. The smallest absolute Gasteiger partial charge is 0.187 e. The van der Waals surface area contributed by atoms with Crippen LogP contribution in [0.5, 0.6) is 0 Å². The maximum Gasteiger partial charge on any atom is 0.187 e. The van der Waals surface area contributed by atoms with E-state index in [1.54, 1.807) is 0 Å². The molecule has 10 atom stereocenters. The van der Waals surface area contributed by atoms with Crippen molar-refractivity contribution in [2.24, 2.45) is 0 Å². The van der Waals surface area contributed by atoms with Gasteiger partial charge in [0.15, 0.2) is 12.6 Å². The van der Waals surface area contributed by atoms with Gasteiger partial charge >= 0.3 is 0 Å². The van der Waals surface area contributed by atoms with Gasteiger partial charge < -0.3 is 54.7 Å². The van der Waals surface area contributed by atoms with Gasteiger partial charge in [0.25, 0.3) is 0 Å². The minimum Gasteiger partial charge on any atom is -0.394 e. The molecule has 11 heteroatoms. The molecule has 11 nitrogen and oxygen atoms in total. The molecule has 0 spiro atoms. The van der Waals surface area contributed by atoms with Crippen LogP contribution in [0.2, 0.25) is 0 Å². The third-order valence-electron chi connectivity index (χ3n) is 6.34. The number of hydrogen-bond donors (Lipinski definition) is 7. The molecule has 3 rings (SSSR count). The second kappa shape index (κ2) is 11.6. The van der Waals surface area contributed by atoms with Crippen molar-refractivity contribution < 1.29 is 54.7 Å². The average Bonchev–Trinajstić information content (AvgIpc) is 2.74. The molecule has 0 unspecified atom stereocenters. The van der Waals surface area contributed by atoms with Crippen molar-refractivity contribution in [1.29, 1.82) is 0 Å². The largest absolute Gasteiger partial charge is 0.394 e. The Labute approximate surface area is 181 Å². The van der Waals surface area contributed by atoms with Gasteiger partial charge in [-0.25, -0.2) is 0 Å². The quantitative estimate of drug-likeness (QED) is 0.231. The van der Waals surface area contributed by atoms with Gasteiger partial charge in [-0.05, 0) is 12.8 Å². The van der Waals surface area contributed by atoms with Crippen LogP contribution in [0.1, 0.15) is 44.9 Å². The Morgan fingerprint density at radius 2 is 1.10 bits per heavy atom. The number of ether oxygens (including phenoxy) is 4. The van der Waals surface area contributed by atoms with Gasteiger partial charge in [0.1, 0.15) is 48.8 Å². The predicted octanol–water partition coefficient (Wildman–Crippen LogP) is -2.26. The second-order valence-corrected chi connectivity index (χ2v) is 8.61. The minimum absolute atomic E-state index is 0.130. The minimum atomic E-state index is -1.69. The van der Waals surface area contributed by atoms with Gasteiger partial charge in [-0.2, -0.15) is 0 Å². The van der Waals surface area contributed by atoms with E-state index in [9.17, 15) is 35.7 Å². The molecule has 0 aromatic heterocycles. The zero-order chi connectivity index (χ0) is 22.5. The zero-order valence-corrected chi connectivity index (χ0v) is 17.5. The highest BCUT2D eigenvalue weighted by molar-refractivity contribution is 4.94. The van der Waals surface area contributed by atoms with E-state index in [-0.39, 0.29) is 6.10 Å². The fraction of sp³-hybridized carbons (Fsp3) is 1.00. The molecule has 3 aliphatic rings. The maximum absolute atomic E-state index is 10.7. The van der Waals surface area contributed by atoms with Crippen molar-refractivity contribution in [1.82, 2.24) is 0 Å². The topological polar surface area (TPSA) is 179 Å². The van der Waals surface area contributed by atoms with Crippen LogP contribution in [0.25, 0.3) is 0 Å². The van der Waals surface area contributed by atoms with Crippen molar-refractivity contribution >= 4 is 0 Å². The molecule has 0 aromatic carbocycles. The van der Waals surface area contributed by atoms with Gasteiger partial charge in [-0.3, -0.25) is 0 Å². The Kier molecular flexibility index (Phi) is 9.44. The van der Waals surface area contributed by atoms with E-state index >= 15 is 0 Å². The zero-order valence-electron chi connectivity index (χ0n) is 17.5. The second-order valence-electron chi connectivity index (χ2n) is 8.61. The third-order valence-corrected chi connectivity index (χ3v) is 6.34. The van der Waals surface area contributed by atoms with Gasteiger partial charge in [0, 0.05) is 0 Å². The van der Waals surface area contributed by atoms with Crippen molar-refractivity contribution in [3.05, 3.63) is 0 Å². The predicted molar refractivity (Wildman–Crippen MR) is 104 cm³/mol. The Bertz CT molecular complexity index is 525. The van der Waals surface area contributed by atoms with E-state index in [1.165, 1.54) is 6.42 Å². The molecule has 0 aromatic rings. The first kappa shape index (κ1) is 25.2. The van der Waals surface area contributed by atoms with Crippen LogP contribution in [0.4, 0.5) is 0 Å². The Morgan fingerprint density at radius 3 is 1.71 bits per heavy atom. The Morgan fingerprint density at radius 1 is 0.581 bits per heavy atom. The normalized spacial score (nSPS) is 45.8. The van der Waals surface area contributed by atoms with Crippen LogP contribution in [0.3, 0.4) is 0 Å². The molecule has 2 saturated heterocycles. The highest BCUT2D eigenvalue weighted by Crippen LogP contribution is 2.31. The summed E-state index contributed by atoms with van der Waals surface area (Å²) in [5.74, 6) is 0. The molecule has 0 radical (unpaired) electrons. The summed E-state index contributed by atoms with van der Waals surface area (Å²) in [6.45, 7) is -1.21. The van der Waals surface area contributed by atoms with Gasteiger partial charge in [-0.1, -0.05) is 32.1 Å². The van der Waals surface area contributed by atoms with Crippen molar-refractivity contribution in [2.75, 3.05) is 13.2 Å². The lowest BCUT2D eigenvalue weighted by molar-refractivity contribution is -0.363. The maximum atomic E-state index is 10.7. The first-order chi connectivity index (χ1) is 14.9. The molecule has 31 heavy (non-hydrogen) atoms. The number of hydrogen-bond acceptors (Lipinski definition) is 11. The average molecular weight is 452 g/mol. The van der Waals surface area contributed by atoms with Crippen LogP contribution < -0.4 is 0 Å². The summed E-state index contributed by atoms with van der Waals surface area (Å²) in [7, 11) is 0. The first-order valence-electron chi connectivity index (χ1n) is 11.1. The molecule has 182 valence electrons. The lowest BCUT2D eigenvalue weighted by Gasteiger charge is -2.46. The molecule has 0 bridgehead atoms. The molecule has 0 amide bonds. The standard InChI is InChI=1S/C20H36O11/c21-8-11-13(23)14(24)16(26)20(29-11)31-18-12(9-22)30-19(17(27)15(18)25)28-10-6-4-2-1-3-5-7-10/h10-27H,1-9H2/t11-,12-,13+,14+,15-,16-,17-,18-,19+,20+/m1/s1. The number of aliphatic hydroxyl groups is 7. The van der Waals surface area contributed by atoms with Gasteiger partial charge in [-0.15, -0.1) is 0 Å². The summed E-state index contributed by atoms with van der Waals surface area (Å²) in [6, 6.07) is 0. The van der Waals surface area contributed by atoms with Crippen LogP contribution in [-0.4, -0.2) is 116 Å². The lowest BCUT2D eigenvalue weighted by Crippen LogP contribution is -2.64. The van der Waals surface area contributed by atoms with E-state index in [2.05, 4.69) is 0 Å². The fourth-order valence-electron chi connectivity index (χ4n) is 4.41. The van der Waals surface area contributed by atoms with Crippen molar-refractivity contribution in [2.45, 2.75) is 112 Å². The molecular weight excluding hydrogens is 416 g/mol. The molecule has 2 aliphatic heterocycles. The summed E-state index contributed by atoms with van der Waals surface area (Å²) < 4.78 is 22.4. The van der Waals surface area contributed by atoms with E-state index in [0.717, 1.165) is 38.5 Å². The van der Waals surface area contributed by atoms with Gasteiger partial charge in [0.05, 0.1) is 19.3 Å². The van der Waals surface area contributed by atoms with Crippen molar-refractivity contribution in [3.8, 4) is 0 Å².